The maximum atomic E-state index is 13.2. The van der Waals surface area contributed by atoms with Crippen molar-refractivity contribution in [2.24, 2.45) is 5.92 Å². The van der Waals surface area contributed by atoms with E-state index in [1.54, 1.807) is 6.07 Å². The zero-order valence-corrected chi connectivity index (χ0v) is 11.7. The number of hydrogen-bond acceptors (Lipinski definition) is 3. The highest BCUT2D eigenvalue weighted by Crippen LogP contribution is 2.32. The number of piperidine rings is 1. The van der Waals surface area contributed by atoms with E-state index in [0.29, 0.717) is 30.1 Å². The van der Waals surface area contributed by atoms with Crippen molar-refractivity contribution in [3.63, 3.8) is 0 Å². The summed E-state index contributed by atoms with van der Waals surface area (Å²) in [5.41, 5.74) is 0.433. The smallest absolute Gasteiger partial charge is 0.224 e. The van der Waals surface area contributed by atoms with Gasteiger partial charge < -0.3 is 10.6 Å². The lowest BCUT2D eigenvalue weighted by Crippen LogP contribution is -2.39. The Hall–Kier alpha value is -1.93. The van der Waals surface area contributed by atoms with E-state index in [9.17, 15) is 9.18 Å². The van der Waals surface area contributed by atoms with Gasteiger partial charge in [0.1, 0.15) is 11.9 Å². The Morgan fingerprint density at radius 2 is 2.10 bits per heavy atom. The average Bonchev–Trinajstić information content (AvgIpc) is 2.80. The van der Waals surface area contributed by atoms with Gasteiger partial charge >= 0.3 is 0 Å². The van der Waals surface area contributed by atoms with Crippen LogP contribution < -0.4 is 10.6 Å². The number of halogens is 1. The minimum absolute atomic E-state index is 0.0484. The van der Waals surface area contributed by atoms with Crippen molar-refractivity contribution in [2.75, 3.05) is 5.32 Å². The van der Waals surface area contributed by atoms with Crippen LogP contribution in [0, 0.1) is 23.1 Å². The van der Waals surface area contributed by atoms with Crippen molar-refractivity contribution in [3.05, 3.63) is 29.6 Å². The third kappa shape index (κ3) is 3.22. The summed E-state index contributed by atoms with van der Waals surface area (Å²) in [6.45, 7) is 0. The number of benzene rings is 1. The SMILES string of the molecule is N#Cc1cc(NC(=O)CC2CC3CCC(C2)N3)ccc1F. The Labute approximate surface area is 123 Å². The summed E-state index contributed by atoms with van der Waals surface area (Å²) in [4.78, 5) is 12.1. The van der Waals surface area contributed by atoms with E-state index in [0.717, 1.165) is 12.8 Å². The monoisotopic (exact) mass is 287 g/mol. The second-order valence-electron chi connectivity index (χ2n) is 6.03. The third-order valence-corrected chi connectivity index (χ3v) is 4.42. The van der Waals surface area contributed by atoms with Crippen LogP contribution in [0.2, 0.25) is 0 Å². The first-order valence-corrected chi connectivity index (χ1v) is 7.39. The molecule has 0 radical (unpaired) electrons. The number of rotatable bonds is 3. The molecule has 4 nitrogen and oxygen atoms in total. The molecule has 0 aromatic heterocycles. The molecule has 2 bridgehead atoms. The van der Waals surface area contributed by atoms with Crippen molar-refractivity contribution < 1.29 is 9.18 Å². The lowest BCUT2D eigenvalue weighted by molar-refractivity contribution is -0.117. The van der Waals surface area contributed by atoms with E-state index >= 15 is 0 Å². The van der Waals surface area contributed by atoms with Gasteiger partial charge in [0.2, 0.25) is 5.91 Å². The number of anilines is 1. The molecular formula is C16H18FN3O. The van der Waals surface area contributed by atoms with Gasteiger partial charge in [-0.2, -0.15) is 5.26 Å². The van der Waals surface area contributed by atoms with Crippen molar-refractivity contribution in [3.8, 4) is 6.07 Å². The van der Waals surface area contributed by atoms with Crippen LogP contribution in [-0.2, 0) is 4.79 Å². The normalized spacial score (nSPS) is 27.1. The highest BCUT2D eigenvalue weighted by atomic mass is 19.1. The van der Waals surface area contributed by atoms with Gasteiger partial charge in [-0.1, -0.05) is 0 Å². The van der Waals surface area contributed by atoms with Gasteiger partial charge in [0.15, 0.2) is 0 Å². The Kier molecular flexibility index (Phi) is 3.89. The number of nitrogens with zero attached hydrogens (tertiary/aromatic N) is 1. The Bertz CT molecular complexity index is 584. The fraction of sp³-hybridized carbons (Fsp3) is 0.500. The van der Waals surface area contributed by atoms with Crippen LogP contribution in [0.15, 0.2) is 18.2 Å². The fourth-order valence-corrected chi connectivity index (χ4v) is 3.50. The standard InChI is InChI=1S/C16H18FN3O/c17-15-4-3-14(8-11(15)9-18)20-16(21)7-10-5-12-1-2-13(6-10)19-12/h3-4,8,10,12-13,19H,1-2,5-7H2,(H,20,21). The van der Waals surface area contributed by atoms with Gasteiger partial charge in [-0.25, -0.2) is 4.39 Å². The van der Waals surface area contributed by atoms with Crippen LogP contribution >= 0.6 is 0 Å². The molecule has 2 fully saturated rings. The Morgan fingerprint density at radius 3 is 2.76 bits per heavy atom. The number of carbonyl (C=O) groups is 1. The second kappa shape index (κ2) is 5.82. The Morgan fingerprint density at radius 1 is 1.38 bits per heavy atom. The van der Waals surface area contributed by atoms with Crippen molar-refractivity contribution in [1.29, 1.82) is 5.26 Å². The fourth-order valence-electron chi connectivity index (χ4n) is 3.50. The van der Waals surface area contributed by atoms with Gasteiger partial charge in [-0.05, 0) is 49.8 Å². The van der Waals surface area contributed by atoms with Gasteiger partial charge in [0, 0.05) is 24.2 Å². The molecule has 3 rings (SSSR count). The molecule has 1 amide bonds. The average molecular weight is 287 g/mol. The molecule has 0 spiro atoms. The predicted molar refractivity (Wildman–Crippen MR) is 77.0 cm³/mol. The largest absolute Gasteiger partial charge is 0.326 e. The molecule has 2 heterocycles. The maximum absolute atomic E-state index is 13.2. The van der Waals surface area contributed by atoms with E-state index < -0.39 is 5.82 Å². The number of carbonyl (C=O) groups excluding carboxylic acids is 1. The summed E-state index contributed by atoms with van der Waals surface area (Å²) in [6, 6.07) is 6.98. The van der Waals surface area contributed by atoms with Crippen LogP contribution in [0.1, 0.15) is 37.7 Å². The number of hydrogen-bond donors (Lipinski definition) is 2. The van der Waals surface area contributed by atoms with Crippen LogP contribution in [0.4, 0.5) is 10.1 Å². The molecule has 0 saturated carbocycles. The van der Waals surface area contributed by atoms with Crippen LogP contribution in [0.25, 0.3) is 0 Å². The molecule has 1 aromatic rings. The predicted octanol–water partition coefficient (Wildman–Crippen LogP) is 2.56. The topological polar surface area (TPSA) is 64.9 Å². The summed E-state index contributed by atoms with van der Waals surface area (Å²) in [5.74, 6) is -0.207. The zero-order valence-electron chi connectivity index (χ0n) is 11.7. The first-order valence-electron chi connectivity index (χ1n) is 7.39. The molecule has 5 heteroatoms. The van der Waals surface area contributed by atoms with Gasteiger partial charge in [0.25, 0.3) is 0 Å². The molecule has 2 N–H and O–H groups in total. The first-order chi connectivity index (χ1) is 10.1. The van der Waals surface area contributed by atoms with E-state index in [1.165, 1.54) is 31.0 Å². The number of fused-ring (bicyclic) bond motifs is 2. The van der Waals surface area contributed by atoms with Crippen LogP contribution in [0.3, 0.4) is 0 Å². The van der Waals surface area contributed by atoms with Crippen molar-refractivity contribution >= 4 is 11.6 Å². The molecule has 21 heavy (non-hydrogen) atoms. The van der Waals surface area contributed by atoms with Crippen molar-refractivity contribution in [1.82, 2.24) is 5.32 Å². The molecule has 1 aromatic carbocycles. The van der Waals surface area contributed by atoms with E-state index in [-0.39, 0.29) is 11.5 Å². The molecule has 2 unspecified atom stereocenters. The van der Waals surface area contributed by atoms with Crippen LogP contribution in [0.5, 0.6) is 0 Å². The minimum Gasteiger partial charge on any atom is -0.326 e. The summed E-state index contributed by atoms with van der Waals surface area (Å²) in [5, 5.41) is 15.1. The maximum Gasteiger partial charge on any atom is 0.224 e. The van der Waals surface area contributed by atoms with Gasteiger partial charge in [0.05, 0.1) is 5.56 Å². The Balaban J connectivity index is 1.58. The lowest BCUT2D eigenvalue weighted by atomic mass is 9.89. The van der Waals surface area contributed by atoms with E-state index in [4.69, 9.17) is 5.26 Å². The second-order valence-corrected chi connectivity index (χ2v) is 6.03. The molecule has 2 saturated heterocycles. The zero-order chi connectivity index (χ0) is 14.8. The summed E-state index contributed by atoms with van der Waals surface area (Å²) < 4.78 is 13.2. The van der Waals surface area contributed by atoms with Crippen LogP contribution in [-0.4, -0.2) is 18.0 Å². The number of nitrogens with one attached hydrogen (secondary N) is 2. The van der Waals surface area contributed by atoms with E-state index in [2.05, 4.69) is 10.6 Å². The quantitative estimate of drug-likeness (QED) is 0.898. The molecule has 2 atom stereocenters. The summed E-state index contributed by atoms with van der Waals surface area (Å²) in [7, 11) is 0. The molecular weight excluding hydrogens is 269 g/mol. The van der Waals surface area contributed by atoms with Gasteiger partial charge in [-0.15, -0.1) is 0 Å². The molecule has 0 aliphatic carbocycles. The minimum atomic E-state index is -0.564. The number of nitriles is 1. The molecule has 110 valence electrons. The molecule has 2 aliphatic heterocycles. The van der Waals surface area contributed by atoms with Gasteiger partial charge in [-0.3, -0.25) is 4.79 Å². The summed E-state index contributed by atoms with van der Waals surface area (Å²) in [6.07, 6.45) is 5.03. The lowest BCUT2D eigenvalue weighted by Gasteiger charge is -2.28. The molecule has 2 aliphatic rings. The number of amides is 1. The third-order valence-electron chi connectivity index (χ3n) is 4.42. The summed E-state index contributed by atoms with van der Waals surface area (Å²) >= 11 is 0. The highest BCUT2D eigenvalue weighted by Gasteiger charge is 2.34. The van der Waals surface area contributed by atoms with E-state index in [1.807, 2.05) is 0 Å². The van der Waals surface area contributed by atoms with Crippen molar-refractivity contribution in [2.45, 2.75) is 44.2 Å². The first kappa shape index (κ1) is 14.0. The highest BCUT2D eigenvalue weighted by molar-refractivity contribution is 5.91.